The van der Waals surface area contributed by atoms with E-state index >= 15 is 0 Å². The predicted molar refractivity (Wildman–Crippen MR) is 55.4 cm³/mol. The number of hydrogen-bond donors (Lipinski definition) is 1. The van der Waals surface area contributed by atoms with Gasteiger partial charge in [-0.2, -0.15) is 0 Å². The molecule has 0 spiro atoms. The Bertz CT molecular complexity index is 173. The maximum absolute atomic E-state index is 5.91. The van der Waals surface area contributed by atoms with Gasteiger partial charge in [-0.05, 0) is 32.6 Å². The van der Waals surface area contributed by atoms with Crippen LogP contribution in [0.5, 0.6) is 0 Å². The Kier molecular flexibility index (Phi) is 4.29. The lowest BCUT2D eigenvalue weighted by Gasteiger charge is -2.27. The summed E-state index contributed by atoms with van der Waals surface area (Å²) in [7, 11) is 0. The number of allylic oxidation sites excluding steroid dienone is 2. The number of nitrogens with one attached hydrogen (secondary N) is 1. The molecule has 0 amide bonds. The molecule has 0 radical (unpaired) electrons. The Hall–Kier alpha value is -0.500. The van der Waals surface area contributed by atoms with E-state index in [9.17, 15) is 0 Å². The van der Waals surface area contributed by atoms with Crippen molar-refractivity contribution >= 4 is 0 Å². The van der Waals surface area contributed by atoms with Gasteiger partial charge in [-0.25, -0.2) is 0 Å². The van der Waals surface area contributed by atoms with Crippen molar-refractivity contribution in [3.05, 3.63) is 11.8 Å². The number of ether oxygens (including phenoxy) is 1. The van der Waals surface area contributed by atoms with Crippen LogP contribution in [-0.4, -0.2) is 12.3 Å². The second-order valence-corrected chi connectivity index (χ2v) is 3.67. The zero-order chi connectivity index (χ0) is 9.68. The molecule has 0 saturated heterocycles. The van der Waals surface area contributed by atoms with Crippen molar-refractivity contribution in [1.29, 1.82) is 0 Å². The molecule has 2 heteroatoms. The van der Waals surface area contributed by atoms with E-state index in [0.29, 0.717) is 6.10 Å². The first kappa shape index (κ1) is 10.6. The maximum Gasteiger partial charge on any atom is 0.128 e. The van der Waals surface area contributed by atoms with E-state index in [1.165, 1.54) is 5.70 Å². The molecule has 13 heavy (non-hydrogen) atoms. The van der Waals surface area contributed by atoms with Crippen LogP contribution in [0.25, 0.3) is 0 Å². The summed E-state index contributed by atoms with van der Waals surface area (Å²) in [6, 6.07) is 0. The molecule has 1 aliphatic heterocycles. The van der Waals surface area contributed by atoms with Gasteiger partial charge in [-0.3, -0.25) is 0 Å². The fraction of sp³-hybridized carbons (Fsp3) is 0.818. The first-order valence-electron chi connectivity index (χ1n) is 5.35. The van der Waals surface area contributed by atoms with E-state index in [4.69, 9.17) is 4.74 Å². The molecular weight excluding hydrogens is 162 g/mol. The molecule has 76 valence electrons. The summed E-state index contributed by atoms with van der Waals surface area (Å²) in [6.07, 6.45) is 7.36. The average molecular weight is 183 g/mol. The summed E-state index contributed by atoms with van der Waals surface area (Å²) >= 11 is 0. The minimum atomic E-state index is 0.245. The van der Waals surface area contributed by atoms with Crippen LogP contribution in [0.15, 0.2) is 11.8 Å². The summed E-state index contributed by atoms with van der Waals surface area (Å²) in [5.41, 5.74) is 1.25. The molecule has 1 N–H and O–H groups in total. The Morgan fingerprint density at radius 3 is 2.77 bits per heavy atom. The van der Waals surface area contributed by atoms with Crippen LogP contribution < -0.4 is 5.32 Å². The van der Waals surface area contributed by atoms with E-state index in [1.807, 2.05) is 0 Å². The van der Waals surface area contributed by atoms with Gasteiger partial charge in [0.2, 0.25) is 0 Å². The first-order chi connectivity index (χ1) is 6.26. The van der Waals surface area contributed by atoms with Gasteiger partial charge in [0.05, 0.1) is 6.10 Å². The highest BCUT2D eigenvalue weighted by molar-refractivity contribution is 5.00. The molecule has 0 aromatic carbocycles. The predicted octanol–water partition coefficient (Wildman–Crippen LogP) is 2.80. The first-order valence-corrected chi connectivity index (χ1v) is 5.35. The Morgan fingerprint density at radius 2 is 2.23 bits per heavy atom. The van der Waals surface area contributed by atoms with E-state index in [0.717, 1.165) is 25.7 Å². The van der Waals surface area contributed by atoms with E-state index in [-0.39, 0.29) is 6.23 Å². The average Bonchev–Trinajstić information content (AvgIpc) is 2.14. The molecule has 0 aromatic heterocycles. The molecule has 2 nitrogen and oxygen atoms in total. The summed E-state index contributed by atoms with van der Waals surface area (Å²) < 4.78 is 5.91. The fourth-order valence-corrected chi connectivity index (χ4v) is 1.65. The van der Waals surface area contributed by atoms with Crippen molar-refractivity contribution in [3.63, 3.8) is 0 Å². The third kappa shape index (κ3) is 3.39. The Labute approximate surface area is 81.4 Å². The largest absolute Gasteiger partial charge is 0.364 e. The third-order valence-electron chi connectivity index (χ3n) is 2.54. The standard InChI is InChI=1S/C11H21NO/c1-4-10(5-2)13-11-8-6-7-9(3)12-11/h7,10-12H,4-6,8H2,1-3H3. The van der Waals surface area contributed by atoms with E-state index in [2.05, 4.69) is 32.2 Å². The van der Waals surface area contributed by atoms with Crippen molar-refractivity contribution < 1.29 is 4.74 Å². The van der Waals surface area contributed by atoms with Gasteiger partial charge < -0.3 is 10.1 Å². The summed E-state index contributed by atoms with van der Waals surface area (Å²) in [4.78, 5) is 0. The minimum absolute atomic E-state index is 0.245. The SMILES string of the molecule is CCC(CC)OC1CCC=C(C)N1. The highest BCUT2D eigenvalue weighted by Gasteiger charge is 2.15. The van der Waals surface area contributed by atoms with Crippen molar-refractivity contribution in [2.75, 3.05) is 0 Å². The molecule has 0 aromatic rings. The number of rotatable bonds is 4. The topological polar surface area (TPSA) is 21.3 Å². The van der Waals surface area contributed by atoms with Crippen LogP contribution in [0.2, 0.25) is 0 Å². The molecule has 1 atom stereocenters. The van der Waals surface area contributed by atoms with Crippen LogP contribution in [0.1, 0.15) is 46.5 Å². The lowest BCUT2D eigenvalue weighted by Crippen LogP contribution is -2.35. The molecular formula is C11H21NO. The van der Waals surface area contributed by atoms with Crippen molar-refractivity contribution in [2.45, 2.75) is 58.8 Å². The summed E-state index contributed by atoms with van der Waals surface area (Å²) in [5, 5.41) is 3.35. The molecule has 0 saturated carbocycles. The number of hydrogen-bond acceptors (Lipinski definition) is 2. The highest BCUT2D eigenvalue weighted by atomic mass is 16.5. The second kappa shape index (κ2) is 5.28. The van der Waals surface area contributed by atoms with Gasteiger partial charge in [-0.1, -0.05) is 19.9 Å². The van der Waals surface area contributed by atoms with Crippen LogP contribution in [0, 0.1) is 0 Å². The summed E-state index contributed by atoms with van der Waals surface area (Å²) in [6.45, 7) is 6.46. The van der Waals surface area contributed by atoms with Gasteiger partial charge in [0.25, 0.3) is 0 Å². The zero-order valence-corrected chi connectivity index (χ0v) is 8.97. The fourth-order valence-electron chi connectivity index (χ4n) is 1.65. The van der Waals surface area contributed by atoms with Gasteiger partial charge in [0, 0.05) is 5.70 Å². The quantitative estimate of drug-likeness (QED) is 0.723. The highest BCUT2D eigenvalue weighted by Crippen LogP contribution is 2.14. The molecule has 1 unspecified atom stereocenters. The Balaban J connectivity index is 2.32. The van der Waals surface area contributed by atoms with Crippen molar-refractivity contribution in [1.82, 2.24) is 5.32 Å². The molecule has 0 fully saturated rings. The summed E-state index contributed by atoms with van der Waals surface area (Å²) in [5.74, 6) is 0. The second-order valence-electron chi connectivity index (χ2n) is 3.67. The smallest absolute Gasteiger partial charge is 0.128 e. The molecule has 1 rings (SSSR count). The monoisotopic (exact) mass is 183 g/mol. The zero-order valence-electron chi connectivity index (χ0n) is 8.97. The van der Waals surface area contributed by atoms with Crippen LogP contribution in [0.3, 0.4) is 0 Å². The lowest BCUT2D eigenvalue weighted by molar-refractivity contribution is -0.0342. The van der Waals surface area contributed by atoms with Crippen LogP contribution in [0.4, 0.5) is 0 Å². The normalized spacial score (nSPS) is 22.8. The van der Waals surface area contributed by atoms with Gasteiger partial charge in [0.15, 0.2) is 0 Å². The molecule has 0 aliphatic carbocycles. The van der Waals surface area contributed by atoms with Gasteiger partial charge in [0.1, 0.15) is 6.23 Å². The van der Waals surface area contributed by atoms with E-state index < -0.39 is 0 Å². The van der Waals surface area contributed by atoms with Crippen LogP contribution in [-0.2, 0) is 4.74 Å². The molecule has 1 heterocycles. The lowest BCUT2D eigenvalue weighted by atomic mass is 10.1. The molecule has 1 aliphatic rings. The Morgan fingerprint density at radius 1 is 1.54 bits per heavy atom. The minimum Gasteiger partial charge on any atom is -0.364 e. The molecule has 0 bridgehead atoms. The third-order valence-corrected chi connectivity index (χ3v) is 2.54. The van der Waals surface area contributed by atoms with E-state index in [1.54, 1.807) is 0 Å². The van der Waals surface area contributed by atoms with Gasteiger partial charge in [-0.15, -0.1) is 0 Å². The van der Waals surface area contributed by atoms with Gasteiger partial charge >= 0.3 is 0 Å². The van der Waals surface area contributed by atoms with Crippen LogP contribution >= 0.6 is 0 Å². The van der Waals surface area contributed by atoms with Crippen molar-refractivity contribution in [2.24, 2.45) is 0 Å². The maximum atomic E-state index is 5.91. The van der Waals surface area contributed by atoms with Crippen molar-refractivity contribution in [3.8, 4) is 0 Å².